The zero-order valence-corrected chi connectivity index (χ0v) is 15.9. The van der Waals surface area contributed by atoms with Gasteiger partial charge in [-0.1, -0.05) is 36.4 Å². The van der Waals surface area contributed by atoms with Gasteiger partial charge >= 0.3 is 6.61 Å². The molecule has 7 heteroatoms. The minimum atomic E-state index is -2.97. The first-order chi connectivity index (χ1) is 12.3. The number of ether oxygens (including phenoxy) is 2. The number of rotatable bonds is 8. The third kappa shape index (κ3) is 6.13. The third-order valence-electron chi connectivity index (χ3n) is 3.31. The standard InChI is InChI=1S/C19H21F2NO3Si/c1-26(2,3)25-18(12-22)15-9-10-16(24-19(20)21)17(11-15)23-13-14-7-5-4-6-8-14/h4-11,18-19H,13H2,1-3H3. The van der Waals surface area contributed by atoms with Crippen molar-refractivity contribution in [3.05, 3.63) is 59.7 Å². The molecule has 4 nitrogen and oxygen atoms in total. The van der Waals surface area contributed by atoms with Crippen LogP contribution in [0.1, 0.15) is 17.2 Å². The van der Waals surface area contributed by atoms with E-state index >= 15 is 0 Å². The van der Waals surface area contributed by atoms with Gasteiger partial charge in [-0.3, -0.25) is 0 Å². The molecule has 0 spiro atoms. The lowest BCUT2D eigenvalue weighted by Gasteiger charge is -2.22. The van der Waals surface area contributed by atoms with Crippen LogP contribution < -0.4 is 9.47 Å². The van der Waals surface area contributed by atoms with Gasteiger partial charge in [0, 0.05) is 0 Å². The molecule has 2 rings (SSSR count). The summed E-state index contributed by atoms with van der Waals surface area (Å²) in [7, 11) is -1.97. The van der Waals surface area contributed by atoms with Gasteiger partial charge in [0.25, 0.3) is 0 Å². The summed E-state index contributed by atoms with van der Waals surface area (Å²) in [6.45, 7) is 3.13. The number of nitriles is 1. The van der Waals surface area contributed by atoms with E-state index in [0.29, 0.717) is 5.56 Å². The molecule has 138 valence electrons. The lowest BCUT2D eigenvalue weighted by molar-refractivity contribution is -0.0516. The number of hydrogen-bond acceptors (Lipinski definition) is 4. The van der Waals surface area contributed by atoms with Crippen LogP contribution in [0.5, 0.6) is 11.5 Å². The monoisotopic (exact) mass is 377 g/mol. The molecule has 0 saturated heterocycles. The van der Waals surface area contributed by atoms with Crippen LogP contribution in [0.4, 0.5) is 8.78 Å². The highest BCUT2D eigenvalue weighted by Crippen LogP contribution is 2.34. The van der Waals surface area contributed by atoms with E-state index in [4.69, 9.17) is 9.16 Å². The van der Waals surface area contributed by atoms with Crippen LogP contribution in [0.15, 0.2) is 48.5 Å². The molecule has 0 aliphatic rings. The number of hydrogen-bond donors (Lipinski definition) is 0. The largest absolute Gasteiger partial charge is 0.485 e. The fourth-order valence-electron chi connectivity index (χ4n) is 2.25. The van der Waals surface area contributed by atoms with Crippen LogP contribution in [0.3, 0.4) is 0 Å². The van der Waals surface area contributed by atoms with Crippen LogP contribution in [-0.4, -0.2) is 14.9 Å². The molecule has 0 radical (unpaired) electrons. The van der Waals surface area contributed by atoms with Gasteiger partial charge in [-0.15, -0.1) is 0 Å². The molecule has 0 aromatic heterocycles. The average molecular weight is 377 g/mol. The fraction of sp³-hybridized carbons (Fsp3) is 0.316. The van der Waals surface area contributed by atoms with E-state index < -0.39 is 21.0 Å². The average Bonchev–Trinajstić information content (AvgIpc) is 2.58. The molecule has 2 aromatic carbocycles. The van der Waals surface area contributed by atoms with Crippen LogP contribution in [0, 0.1) is 11.3 Å². The van der Waals surface area contributed by atoms with Crippen molar-refractivity contribution in [2.45, 2.75) is 39.0 Å². The van der Waals surface area contributed by atoms with E-state index in [1.54, 1.807) is 6.07 Å². The molecule has 0 amide bonds. The molecule has 1 atom stereocenters. The van der Waals surface area contributed by atoms with Crippen molar-refractivity contribution in [2.24, 2.45) is 0 Å². The molecule has 0 aliphatic heterocycles. The van der Waals surface area contributed by atoms with Crippen LogP contribution in [0.2, 0.25) is 19.6 Å². The van der Waals surface area contributed by atoms with Crippen LogP contribution in [0.25, 0.3) is 0 Å². The second-order valence-corrected chi connectivity index (χ2v) is 11.1. The summed E-state index contributed by atoms with van der Waals surface area (Å²) in [5.41, 5.74) is 1.43. The van der Waals surface area contributed by atoms with E-state index in [1.807, 2.05) is 50.0 Å². The van der Waals surface area contributed by atoms with Crippen LogP contribution >= 0.6 is 0 Å². The summed E-state index contributed by atoms with van der Waals surface area (Å²) in [5.74, 6) is 0.0652. The highest BCUT2D eigenvalue weighted by Gasteiger charge is 2.23. The van der Waals surface area contributed by atoms with E-state index in [-0.39, 0.29) is 18.1 Å². The van der Waals surface area contributed by atoms with Crippen molar-refractivity contribution < 1.29 is 22.7 Å². The Morgan fingerprint density at radius 3 is 2.31 bits per heavy atom. The Bertz CT molecular complexity index is 758. The van der Waals surface area contributed by atoms with E-state index in [2.05, 4.69) is 10.8 Å². The molecule has 0 saturated carbocycles. The number of nitrogens with zero attached hydrogens (tertiary/aromatic N) is 1. The van der Waals surface area contributed by atoms with Crippen molar-refractivity contribution in [3.63, 3.8) is 0 Å². The molecular weight excluding hydrogens is 356 g/mol. The first kappa shape index (κ1) is 19.9. The third-order valence-corrected chi connectivity index (χ3v) is 4.26. The van der Waals surface area contributed by atoms with Gasteiger partial charge in [-0.2, -0.15) is 14.0 Å². The molecular formula is C19H21F2NO3Si. The molecule has 2 aromatic rings. The Kier molecular flexibility index (Phi) is 6.72. The lowest BCUT2D eigenvalue weighted by Crippen LogP contribution is -2.27. The number of halogens is 2. The maximum Gasteiger partial charge on any atom is 0.387 e. The Hall–Kier alpha value is -2.43. The zero-order valence-electron chi connectivity index (χ0n) is 14.9. The van der Waals surface area contributed by atoms with Crippen molar-refractivity contribution in [3.8, 4) is 17.6 Å². The summed E-state index contributed by atoms with van der Waals surface area (Å²) in [4.78, 5) is 0. The molecule has 0 fully saturated rings. The Balaban J connectivity index is 2.27. The minimum Gasteiger partial charge on any atom is -0.485 e. The van der Waals surface area contributed by atoms with Crippen molar-refractivity contribution in [2.75, 3.05) is 0 Å². The topological polar surface area (TPSA) is 51.5 Å². The SMILES string of the molecule is C[Si](C)(C)OC(C#N)c1ccc(OC(F)F)c(OCc2ccccc2)c1. The van der Waals surface area contributed by atoms with Gasteiger partial charge in [-0.25, -0.2) is 0 Å². The van der Waals surface area contributed by atoms with Gasteiger partial charge in [-0.05, 0) is 42.9 Å². The second kappa shape index (κ2) is 8.78. The van der Waals surface area contributed by atoms with Gasteiger partial charge in [0.05, 0.1) is 6.07 Å². The van der Waals surface area contributed by atoms with E-state index in [0.717, 1.165) is 5.56 Å². The summed E-state index contributed by atoms with van der Waals surface area (Å²) < 4.78 is 41.4. The fourth-order valence-corrected chi connectivity index (χ4v) is 3.15. The molecule has 0 aliphatic carbocycles. The maximum atomic E-state index is 12.7. The van der Waals surface area contributed by atoms with Gasteiger partial charge in [0.2, 0.25) is 0 Å². The molecule has 1 unspecified atom stereocenters. The lowest BCUT2D eigenvalue weighted by atomic mass is 10.1. The Morgan fingerprint density at radius 2 is 1.73 bits per heavy atom. The second-order valence-electron chi connectivity index (χ2n) is 6.60. The summed E-state index contributed by atoms with van der Waals surface area (Å²) in [6, 6.07) is 15.9. The number of alkyl halides is 2. The highest BCUT2D eigenvalue weighted by molar-refractivity contribution is 6.69. The molecule has 0 heterocycles. The summed E-state index contributed by atoms with van der Waals surface area (Å²) in [6.07, 6.45) is -0.790. The predicted molar refractivity (Wildman–Crippen MR) is 96.6 cm³/mol. The predicted octanol–water partition coefficient (Wildman–Crippen LogP) is 5.28. The Labute approximate surface area is 153 Å². The quantitative estimate of drug-likeness (QED) is 0.587. The smallest absolute Gasteiger partial charge is 0.387 e. The first-order valence-corrected chi connectivity index (χ1v) is 11.5. The molecule has 0 N–H and O–H groups in total. The molecule has 0 bridgehead atoms. The normalized spacial score (nSPS) is 12.5. The minimum absolute atomic E-state index is 0.0793. The molecule has 26 heavy (non-hydrogen) atoms. The summed E-state index contributed by atoms with van der Waals surface area (Å²) >= 11 is 0. The van der Waals surface area contributed by atoms with Crippen molar-refractivity contribution in [1.82, 2.24) is 0 Å². The van der Waals surface area contributed by atoms with E-state index in [1.165, 1.54) is 12.1 Å². The Morgan fingerprint density at radius 1 is 1.04 bits per heavy atom. The highest BCUT2D eigenvalue weighted by atomic mass is 28.4. The maximum absolute atomic E-state index is 12.7. The zero-order chi connectivity index (χ0) is 19.2. The van der Waals surface area contributed by atoms with E-state index in [9.17, 15) is 14.0 Å². The van der Waals surface area contributed by atoms with Gasteiger partial charge in [0.15, 0.2) is 25.9 Å². The summed E-state index contributed by atoms with van der Waals surface area (Å²) in [5, 5.41) is 9.41. The first-order valence-electron chi connectivity index (χ1n) is 8.11. The number of benzene rings is 2. The van der Waals surface area contributed by atoms with Gasteiger partial charge < -0.3 is 13.9 Å². The van der Waals surface area contributed by atoms with Crippen LogP contribution in [-0.2, 0) is 11.0 Å². The van der Waals surface area contributed by atoms with Gasteiger partial charge in [0.1, 0.15) is 6.61 Å². The van der Waals surface area contributed by atoms with Crippen molar-refractivity contribution in [1.29, 1.82) is 5.26 Å². The van der Waals surface area contributed by atoms with Crippen molar-refractivity contribution >= 4 is 8.32 Å².